The van der Waals surface area contributed by atoms with Crippen LogP contribution in [0.2, 0.25) is 0 Å². The SMILES string of the molecule is COc1ccc(C(=O)NCCCCc2nc(C)cs2)cc1S(=O)(=O)N(C)C. The molecule has 1 N–H and O–H groups in total. The predicted octanol–water partition coefficient (Wildman–Crippen LogP) is 2.46. The van der Waals surface area contributed by atoms with Crippen molar-refractivity contribution in [3.63, 3.8) is 0 Å². The molecule has 0 aliphatic carbocycles. The highest BCUT2D eigenvalue weighted by atomic mass is 32.2. The molecule has 27 heavy (non-hydrogen) atoms. The number of carbonyl (C=O) groups excluding carboxylic acids is 1. The summed E-state index contributed by atoms with van der Waals surface area (Å²) >= 11 is 1.65. The summed E-state index contributed by atoms with van der Waals surface area (Å²) < 4.78 is 31.1. The van der Waals surface area contributed by atoms with Crippen LogP contribution in [0.1, 0.15) is 33.9 Å². The molecule has 0 spiro atoms. The van der Waals surface area contributed by atoms with E-state index in [2.05, 4.69) is 10.3 Å². The van der Waals surface area contributed by atoms with E-state index in [4.69, 9.17) is 4.74 Å². The van der Waals surface area contributed by atoms with E-state index < -0.39 is 10.0 Å². The van der Waals surface area contributed by atoms with Crippen molar-refractivity contribution in [2.24, 2.45) is 0 Å². The first kappa shape index (κ1) is 21.3. The first-order valence-electron chi connectivity index (χ1n) is 8.55. The Morgan fingerprint density at radius 1 is 1.30 bits per heavy atom. The molecule has 0 radical (unpaired) electrons. The largest absolute Gasteiger partial charge is 0.495 e. The third-order valence-corrected chi connectivity index (χ3v) is 6.82. The number of methoxy groups -OCH3 is 1. The summed E-state index contributed by atoms with van der Waals surface area (Å²) in [6, 6.07) is 4.40. The number of unbranched alkanes of at least 4 members (excludes halogenated alkanes) is 1. The van der Waals surface area contributed by atoms with Crippen molar-refractivity contribution in [3.05, 3.63) is 39.8 Å². The minimum Gasteiger partial charge on any atom is -0.495 e. The Morgan fingerprint density at radius 3 is 2.63 bits per heavy atom. The van der Waals surface area contributed by atoms with Gasteiger partial charge in [-0.05, 0) is 44.4 Å². The first-order valence-corrected chi connectivity index (χ1v) is 10.9. The van der Waals surface area contributed by atoms with Gasteiger partial charge in [0.2, 0.25) is 10.0 Å². The molecule has 1 aromatic heterocycles. The van der Waals surface area contributed by atoms with E-state index in [9.17, 15) is 13.2 Å². The number of benzene rings is 1. The smallest absolute Gasteiger partial charge is 0.251 e. The number of nitrogens with zero attached hydrogens (tertiary/aromatic N) is 2. The molecule has 0 aliphatic rings. The number of aromatic nitrogens is 1. The molecule has 9 heteroatoms. The molecule has 0 atom stereocenters. The van der Waals surface area contributed by atoms with Gasteiger partial charge < -0.3 is 10.1 Å². The van der Waals surface area contributed by atoms with E-state index in [1.807, 2.05) is 12.3 Å². The number of ether oxygens (including phenoxy) is 1. The lowest BCUT2D eigenvalue weighted by Crippen LogP contribution is -2.26. The quantitative estimate of drug-likeness (QED) is 0.641. The van der Waals surface area contributed by atoms with E-state index in [-0.39, 0.29) is 22.1 Å². The van der Waals surface area contributed by atoms with Gasteiger partial charge in [-0.15, -0.1) is 11.3 Å². The summed E-state index contributed by atoms with van der Waals surface area (Å²) in [5.74, 6) is -0.100. The van der Waals surface area contributed by atoms with Gasteiger partial charge in [0.25, 0.3) is 5.91 Å². The fourth-order valence-electron chi connectivity index (χ4n) is 2.44. The van der Waals surface area contributed by atoms with E-state index >= 15 is 0 Å². The fourth-order valence-corrected chi connectivity index (χ4v) is 4.33. The van der Waals surface area contributed by atoms with Crippen LogP contribution in [-0.4, -0.2) is 51.4 Å². The molecule has 0 bridgehead atoms. The van der Waals surface area contributed by atoms with Gasteiger partial charge in [0.1, 0.15) is 10.6 Å². The summed E-state index contributed by atoms with van der Waals surface area (Å²) in [5, 5.41) is 5.96. The van der Waals surface area contributed by atoms with Gasteiger partial charge >= 0.3 is 0 Å². The molecular weight excluding hydrogens is 386 g/mol. The van der Waals surface area contributed by atoms with Crippen LogP contribution in [0.5, 0.6) is 5.75 Å². The average Bonchev–Trinajstić information content (AvgIpc) is 3.05. The van der Waals surface area contributed by atoms with Gasteiger partial charge in [-0.25, -0.2) is 17.7 Å². The van der Waals surface area contributed by atoms with Crippen LogP contribution in [0.4, 0.5) is 0 Å². The fraction of sp³-hybridized carbons (Fsp3) is 0.444. The van der Waals surface area contributed by atoms with Crippen LogP contribution >= 0.6 is 11.3 Å². The number of carbonyl (C=O) groups is 1. The minimum absolute atomic E-state index is 0.0261. The Balaban J connectivity index is 1.95. The lowest BCUT2D eigenvalue weighted by atomic mass is 10.2. The van der Waals surface area contributed by atoms with Gasteiger partial charge in [0.05, 0.1) is 12.1 Å². The summed E-state index contributed by atoms with van der Waals surface area (Å²) in [7, 11) is 0.558. The Bertz CT molecular complexity index is 892. The third kappa shape index (κ3) is 5.50. The molecule has 0 fully saturated rings. The number of nitrogens with one attached hydrogen (secondary N) is 1. The molecule has 0 aliphatic heterocycles. The van der Waals surface area contributed by atoms with Crippen LogP contribution < -0.4 is 10.1 Å². The zero-order valence-electron chi connectivity index (χ0n) is 16.0. The maximum absolute atomic E-state index is 12.4. The second kappa shape index (κ2) is 9.29. The average molecular weight is 412 g/mol. The predicted molar refractivity (Wildman–Crippen MR) is 106 cm³/mol. The normalized spacial score (nSPS) is 11.6. The van der Waals surface area contributed by atoms with Crippen LogP contribution in [0.15, 0.2) is 28.5 Å². The maximum atomic E-state index is 12.4. The second-order valence-electron chi connectivity index (χ2n) is 6.25. The van der Waals surface area contributed by atoms with Gasteiger partial charge in [-0.3, -0.25) is 4.79 Å². The molecule has 148 valence electrons. The minimum atomic E-state index is -3.71. The molecule has 1 amide bonds. The number of sulfonamides is 1. The number of thiazole rings is 1. The van der Waals surface area contributed by atoms with Gasteiger partial charge in [-0.1, -0.05) is 0 Å². The second-order valence-corrected chi connectivity index (χ2v) is 9.31. The standard InChI is InChI=1S/C18H25N3O4S2/c1-13-12-26-17(20-13)7-5-6-10-19-18(22)14-8-9-15(25-4)16(11-14)27(23,24)21(2)3/h8-9,11-12H,5-7,10H2,1-4H3,(H,19,22). The van der Waals surface area contributed by atoms with E-state index in [1.54, 1.807) is 17.4 Å². The zero-order chi connectivity index (χ0) is 20.0. The molecule has 1 aromatic carbocycles. The highest BCUT2D eigenvalue weighted by Crippen LogP contribution is 2.26. The highest BCUT2D eigenvalue weighted by molar-refractivity contribution is 7.89. The number of amides is 1. The summed E-state index contributed by atoms with van der Waals surface area (Å²) in [5.41, 5.74) is 1.32. The summed E-state index contributed by atoms with van der Waals surface area (Å²) in [6.45, 7) is 2.49. The molecule has 0 unspecified atom stereocenters. The van der Waals surface area contributed by atoms with Gasteiger partial charge in [0, 0.05) is 37.3 Å². The first-order chi connectivity index (χ1) is 12.8. The van der Waals surface area contributed by atoms with Crippen molar-refractivity contribution in [2.45, 2.75) is 31.1 Å². The van der Waals surface area contributed by atoms with Crippen LogP contribution in [0.3, 0.4) is 0 Å². The third-order valence-electron chi connectivity index (χ3n) is 3.95. The highest BCUT2D eigenvalue weighted by Gasteiger charge is 2.23. The lowest BCUT2D eigenvalue weighted by molar-refractivity contribution is 0.0952. The summed E-state index contributed by atoms with van der Waals surface area (Å²) in [6.07, 6.45) is 2.64. The number of hydrogen-bond donors (Lipinski definition) is 1. The van der Waals surface area contributed by atoms with Crippen molar-refractivity contribution < 1.29 is 17.9 Å². The van der Waals surface area contributed by atoms with Crippen molar-refractivity contribution in [1.29, 1.82) is 0 Å². The monoisotopic (exact) mass is 411 g/mol. The Morgan fingerprint density at radius 2 is 2.04 bits per heavy atom. The van der Waals surface area contributed by atoms with Crippen molar-refractivity contribution >= 4 is 27.3 Å². The van der Waals surface area contributed by atoms with E-state index in [0.29, 0.717) is 6.54 Å². The van der Waals surface area contributed by atoms with Crippen molar-refractivity contribution in [2.75, 3.05) is 27.7 Å². The van der Waals surface area contributed by atoms with Crippen LogP contribution in [0, 0.1) is 6.92 Å². The van der Waals surface area contributed by atoms with Crippen LogP contribution in [0.25, 0.3) is 0 Å². The molecule has 0 saturated carbocycles. The zero-order valence-corrected chi connectivity index (χ0v) is 17.6. The number of rotatable bonds is 9. The number of hydrogen-bond acceptors (Lipinski definition) is 6. The topological polar surface area (TPSA) is 88.6 Å². The lowest BCUT2D eigenvalue weighted by Gasteiger charge is -2.15. The Kier molecular flexibility index (Phi) is 7.34. The maximum Gasteiger partial charge on any atom is 0.251 e. The molecule has 1 heterocycles. The Labute approximate surface area is 164 Å². The molecule has 2 aromatic rings. The summed E-state index contributed by atoms with van der Waals surface area (Å²) in [4.78, 5) is 16.7. The molecule has 0 saturated heterocycles. The molecule has 7 nitrogen and oxygen atoms in total. The van der Waals surface area contributed by atoms with E-state index in [1.165, 1.54) is 33.3 Å². The molecule has 2 rings (SSSR count). The van der Waals surface area contributed by atoms with E-state index in [0.717, 1.165) is 34.3 Å². The van der Waals surface area contributed by atoms with Gasteiger partial charge in [0.15, 0.2) is 0 Å². The van der Waals surface area contributed by atoms with Crippen molar-refractivity contribution in [1.82, 2.24) is 14.6 Å². The van der Waals surface area contributed by atoms with Crippen LogP contribution in [-0.2, 0) is 16.4 Å². The van der Waals surface area contributed by atoms with Gasteiger partial charge in [-0.2, -0.15) is 0 Å². The Hall–Kier alpha value is -1.97. The number of aryl methyl sites for hydroxylation is 2. The van der Waals surface area contributed by atoms with Crippen molar-refractivity contribution in [3.8, 4) is 5.75 Å². The molecular formula is C18H25N3O4S2.